The van der Waals surface area contributed by atoms with Crippen molar-refractivity contribution in [1.82, 2.24) is 0 Å². The second-order valence-corrected chi connectivity index (χ2v) is 5.19. The minimum absolute atomic E-state index is 0.00238. The van der Waals surface area contributed by atoms with Crippen LogP contribution in [-0.2, 0) is 12.8 Å². The van der Waals surface area contributed by atoms with Gasteiger partial charge in [0.2, 0.25) is 0 Å². The number of aliphatic hydroxyl groups excluding tert-OH is 1. The van der Waals surface area contributed by atoms with Crippen LogP contribution in [0.3, 0.4) is 0 Å². The Kier molecular flexibility index (Phi) is 4.85. The number of halogens is 2. The van der Waals surface area contributed by atoms with E-state index in [0.717, 1.165) is 18.1 Å². The highest BCUT2D eigenvalue weighted by Crippen LogP contribution is 2.17. The van der Waals surface area contributed by atoms with Gasteiger partial charge in [-0.25, -0.2) is 8.78 Å². The van der Waals surface area contributed by atoms with Crippen LogP contribution in [0.5, 0.6) is 0 Å². The zero-order chi connectivity index (χ0) is 14.5. The number of hydrogen-bond donors (Lipinski definition) is 1. The lowest BCUT2D eigenvalue weighted by atomic mass is 9.93. The molecule has 0 spiro atoms. The van der Waals surface area contributed by atoms with Gasteiger partial charge in [-0.1, -0.05) is 35.9 Å². The third-order valence-electron chi connectivity index (χ3n) is 3.41. The van der Waals surface area contributed by atoms with E-state index in [9.17, 15) is 13.9 Å². The van der Waals surface area contributed by atoms with Gasteiger partial charge in [0.05, 0.1) is 0 Å². The van der Waals surface area contributed by atoms with Gasteiger partial charge in [0.15, 0.2) is 11.6 Å². The molecule has 1 atom stereocenters. The third-order valence-corrected chi connectivity index (χ3v) is 3.41. The van der Waals surface area contributed by atoms with E-state index in [2.05, 4.69) is 0 Å². The summed E-state index contributed by atoms with van der Waals surface area (Å²) in [5, 5.41) is 9.46. The van der Waals surface area contributed by atoms with Crippen LogP contribution < -0.4 is 0 Å². The summed E-state index contributed by atoms with van der Waals surface area (Å²) in [6, 6.07) is 12.0. The van der Waals surface area contributed by atoms with Crippen molar-refractivity contribution in [3.05, 3.63) is 70.8 Å². The lowest BCUT2D eigenvalue weighted by molar-refractivity contribution is 0.225. The van der Waals surface area contributed by atoms with Gasteiger partial charge >= 0.3 is 0 Å². The lowest BCUT2D eigenvalue weighted by Gasteiger charge is -2.14. The maximum Gasteiger partial charge on any atom is 0.159 e. The largest absolute Gasteiger partial charge is 0.396 e. The molecule has 0 aliphatic carbocycles. The van der Waals surface area contributed by atoms with Crippen molar-refractivity contribution >= 4 is 0 Å². The Morgan fingerprint density at radius 3 is 2.10 bits per heavy atom. The molecular weight excluding hydrogens is 258 g/mol. The van der Waals surface area contributed by atoms with Gasteiger partial charge in [0, 0.05) is 6.61 Å². The fourth-order valence-corrected chi connectivity index (χ4v) is 2.26. The first-order chi connectivity index (χ1) is 9.58. The molecule has 3 heteroatoms. The molecule has 0 saturated heterocycles. The van der Waals surface area contributed by atoms with Crippen LogP contribution in [0.4, 0.5) is 8.78 Å². The van der Waals surface area contributed by atoms with E-state index >= 15 is 0 Å². The maximum atomic E-state index is 13.2. The van der Waals surface area contributed by atoms with E-state index in [4.69, 9.17) is 0 Å². The Labute approximate surface area is 117 Å². The van der Waals surface area contributed by atoms with Crippen molar-refractivity contribution in [3.8, 4) is 0 Å². The van der Waals surface area contributed by atoms with Crippen molar-refractivity contribution in [2.45, 2.75) is 19.8 Å². The molecule has 2 aromatic rings. The highest BCUT2D eigenvalue weighted by Gasteiger charge is 2.11. The zero-order valence-electron chi connectivity index (χ0n) is 11.4. The molecule has 0 aliphatic rings. The van der Waals surface area contributed by atoms with Gasteiger partial charge in [0.25, 0.3) is 0 Å². The van der Waals surface area contributed by atoms with E-state index in [-0.39, 0.29) is 12.5 Å². The van der Waals surface area contributed by atoms with Gasteiger partial charge in [-0.2, -0.15) is 0 Å². The minimum atomic E-state index is -0.840. The van der Waals surface area contributed by atoms with Gasteiger partial charge in [-0.15, -0.1) is 0 Å². The third kappa shape index (κ3) is 3.87. The quantitative estimate of drug-likeness (QED) is 0.883. The molecule has 0 bridgehead atoms. The molecule has 106 valence electrons. The van der Waals surface area contributed by atoms with E-state index in [1.54, 1.807) is 6.07 Å². The predicted molar refractivity (Wildman–Crippen MR) is 75.5 cm³/mol. The van der Waals surface area contributed by atoms with Crippen molar-refractivity contribution in [2.75, 3.05) is 6.61 Å². The van der Waals surface area contributed by atoms with Crippen LogP contribution in [0, 0.1) is 24.5 Å². The van der Waals surface area contributed by atoms with E-state index in [1.165, 1.54) is 11.6 Å². The Morgan fingerprint density at radius 1 is 0.900 bits per heavy atom. The summed E-state index contributed by atoms with van der Waals surface area (Å²) >= 11 is 0. The first kappa shape index (κ1) is 14.7. The van der Waals surface area contributed by atoms with Gasteiger partial charge in [0.1, 0.15) is 0 Å². The summed E-state index contributed by atoms with van der Waals surface area (Å²) in [6.07, 6.45) is 1.25. The number of aryl methyl sites for hydroxylation is 1. The van der Waals surface area contributed by atoms with E-state index in [0.29, 0.717) is 12.0 Å². The second-order valence-electron chi connectivity index (χ2n) is 5.19. The average molecular weight is 276 g/mol. The molecule has 0 aromatic heterocycles. The molecule has 0 heterocycles. The smallest absolute Gasteiger partial charge is 0.159 e. The minimum Gasteiger partial charge on any atom is -0.396 e. The number of rotatable bonds is 5. The van der Waals surface area contributed by atoms with Crippen molar-refractivity contribution in [1.29, 1.82) is 0 Å². The molecule has 2 aromatic carbocycles. The average Bonchev–Trinajstić information content (AvgIpc) is 2.44. The Morgan fingerprint density at radius 2 is 1.50 bits per heavy atom. The first-order valence-corrected chi connectivity index (χ1v) is 6.69. The van der Waals surface area contributed by atoms with Crippen LogP contribution >= 0.6 is 0 Å². The zero-order valence-corrected chi connectivity index (χ0v) is 11.4. The number of aliphatic hydroxyl groups is 1. The number of hydrogen-bond acceptors (Lipinski definition) is 1. The van der Waals surface area contributed by atoms with Gasteiger partial charge in [-0.05, 0) is 48.9 Å². The summed E-state index contributed by atoms with van der Waals surface area (Å²) in [5.41, 5.74) is 3.03. The molecule has 0 amide bonds. The topological polar surface area (TPSA) is 20.2 Å². The van der Waals surface area contributed by atoms with Crippen molar-refractivity contribution in [3.63, 3.8) is 0 Å². The molecule has 1 unspecified atom stereocenters. The first-order valence-electron chi connectivity index (χ1n) is 6.69. The summed E-state index contributed by atoms with van der Waals surface area (Å²) in [6.45, 7) is 2.04. The van der Waals surface area contributed by atoms with Crippen LogP contribution in [0.25, 0.3) is 0 Å². The van der Waals surface area contributed by atoms with E-state index < -0.39 is 11.6 Å². The molecule has 1 N–H and O–H groups in total. The monoisotopic (exact) mass is 276 g/mol. The van der Waals surface area contributed by atoms with Crippen LogP contribution in [0.15, 0.2) is 42.5 Å². The standard InChI is InChI=1S/C17H18F2O/c1-12-2-4-13(5-3-12)8-15(11-20)9-14-6-7-16(18)17(19)10-14/h2-7,10,15,20H,8-9,11H2,1H3. The Balaban J connectivity index is 2.04. The van der Waals surface area contributed by atoms with Gasteiger partial charge in [-0.3, -0.25) is 0 Å². The molecule has 0 fully saturated rings. The Bertz CT molecular complexity index is 564. The molecule has 2 rings (SSSR count). The SMILES string of the molecule is Cc1ccc(CC(CO)Cc2ccc(F)c(F)c2)cc1. The van der Waals surface area contributed by atoms with E-state index in [1.807, 2.05) is 31.2 Å². The summed E-state index contributed by atoms with van der Waals surface area (Å²) in [5.74, 6) is -1.68. The highest BCUT2D eigenvalue weighted by molar-refractivity contribution is 5.23. The highest BCUT2D eigenvalue weighted by atomic mass is 19.2. The molecule has 0 aliphatic heterocycles. The van der Waals surface area contributed by atoms with Crippen LogP contribution in [0.2, 0.25) is 0 Å². The lowest BCUT2D eigenvalue weighted by Crippen LogP contribution is -2.13. The fourth-order valence-electron chi connectivity index (χ4n) is 2.26. The summed E-state index contributed by atoms with van der Waals surface area (Å²) < 4.78 is 26.0. The molecule has 1 nitrogen and oxygen atoms in total. The molecule has 0 saturated carbocycles. The van der Waals surface area contributed by atoms with Gasteiger partial charge < -0.3 is 5.11 Å². The molecular formula is C17H18F2O. The van der Waals surface area contributed by atoms with Crippen LogP contribution in [-0.4, -0.2) is 11.7 Å². The molecule has 0 radical (unpaired) electrons. The summed E-state index contributed by atoms with van der Waals surface area (Å²) in [4.78, 5) is 0. The van der Waals surface area contributed by atoms with Crippen molar-refractivity contribution < 1.29 is 13.9 Å². The number of benzene rings is 2. The van der Waals surface area contributed by atoms with Crippen molar-refractivity contribution in [2.24, 2.45) is 5.92 Å². The normalized spacial score (nSPS) is 12.4. The Hall–Kier alpha value is -1.74. The molecule has 20 heavy (non-hydrogen) atoms. The second kappa shape index (κ2) is 6.62. The fraction of sp³-hybridized carbons (Fsp3) is 0.294. The predicted octanol–water partition coefficient (Wildman–Crippen LogP) is 3.67. The van der Waals surface area contributed by atoms with Crippen LogP contribution in [0.1, 0.15) is 16.7 Å². The summed E-state index contributed by atoms with van der Waals surface area (Å²) in [7, 11) is 0. The maximum absolute atomic E-state index is 13.2.